The van der Waals surface area contributed by atoms with Crippen molar-refractivity contribution in [2.45, 2.75) is 19.4 Å². The van der Waals surface area contributed by atoms with E-state index in [2.05, 4.69) is 12.2 Å². The van der Waals surface area contributed by atoms with Gasteiger partial charge >= 0.3 is 0 Å². The fraction of sp³-hybridized carbons (Fsp3) is 0.538. The van der Waals surface area contributed by atoms with Gasteiger partial charge in [-0.05, 0) is 38.1 Å². The van der Waals surface area contributed by atoms with Crippen molar-refractivity contribution in [3.8, 4) is 17.2 Å². The van der Waals surface area contributed by atoms with Gasteiger partial charge in [-0.3, -0.25) is 0 Å². The van der Waals surface area contributed by atoms with Crippen molar-refractivity contribution in [3.63, 3.8) is 0 Å². The first-order chi connectivity index (χ1) is 8.15. The molecule has 0 aliphatic carbocycles. The Balaban J connectivity index is 3.08. The van der Waals surface area contributed by atoms with Crippen molar-refractivity contribution >= 4 is 0 Å². The van der Waals surface area contributed by atoms with Gasteiger partial charge in [0.2, 0.25) is 5.75 Å². The molecular formula is C13H21NO3. The molecule has 0 bridgehead atoms. The number of methoxy groups -OCH3 is 3. The van der Waals surface area contributed by atoms with Crippen LogP contribution in [0.25, 0.3) is 0 Å². The topological polar surface area (TPSA) is 39.7 Å². The molecule has 1 rings (SSSR count). The number of rotatable bonds is 6. The van der Waals surface area contributed by atoms with Crippen LogP contribution >= 0.6 is 0 Å². The van der Waals surface area contributed by atoms with Crippen LogP contribution in [0.4, 0.5) is 0 Å². The number of hydrogen-bond donors (Lipinski definition) is 1. The second kappa shape index (κ2) is 6.35. The van der Waals surface area contributed by atoms with Gasteiger partial charge in [-0.25, -0.2) is 0 Å². The third-order valence-corrected chi connectivity index (χ3v) is 2.76. The Labute approximate surface area is 103 Å². The minimum Gasteiger partial charge on any atom is -0.493 e. The van der Waals surface area contributed by atoms with Crippen molar-refractivity contribution in [1.82, 2.24) is 5.32 Å². The first-order valence-corrected chi connectivity index (χ1v) is 5.62. The second-order valence-electron chi connectivity index (χ2n) is 3.93. The van der Waals surface area contributed by atoms with E-state index < -0.39 is 0 Å². The van der Waals surface area contributed by atoms with Crippen molar-refractivity contribution in [3.05, 3.63) is 17.7 Å². The summed E-state index contributed by atoms with van der Waals surface area (Å²) in [6, 6.07) is 4.36. The van der Waals surface area contributed by atoms with Crippen LogP contribution in [0.5, 0.6) is 17.2 Å². The summed E-state index contributed by atoms with van der Waals surface area (Å²) < 4.78 is 15.9. The molecule has 0 radical (unpaired) electrons. The van der Waals surface area contributed by atoms with Crippen LogP contribution in [-0.4, -0.2) is 34.4 Å². The van der Waals surface area contributed by atoms with E-state index in [-0.39, 0.29) is 0 Å². The highest BCUT2D eigenvalue weighted by Crippen LogP contribution is 2.38. The molecule has 0 saturated carbocycles. The Hall–Kier alpha value is -1.42. The highest BCUT2D eigenvalue weighted by molar-refractivity contribution is 5.53. The van der Waals surface area contributed by atoms with Crippen LogP contribution in [0, 0.1) is 0 Å². The Morgan fingerprint density at radius 2 is 1.59 bits per heavy atom. The minimum atomic E-state index is 0.401. The molecule has 1 atom stereocenters. The molecule has 96 valence electrons. The molecule has 0 saturated heterocycles. The zero-order valence-corrected chi connectivity index (χ0v) is 11.2. The van der Waals surface area contributed by atoms with Gasteiger partial charge in [0.25, 0.3) is 0 Å². The van der Waals surface area contributed by atoms with Crippen LogP contribution in [0.2, 0.25) is 0 Å². The fourth-order valence-electron chi connectivity index (χ4n) is 1.71. The average Bonchev–Trinajstić information content (AvgIpc) is 2.37. The quantitative estimate of drug-likeness (QED) is 0.822. The Kier molecular flexibility index (Phi) is 5.10. The third kappa shape index (κ3) is 3.27. The van der Waals surface area contributed by atoms with E-state index in [9.17, 15) is 0 Å². The molecule has 4 nitrogen and oxygen atoms in total. The smallest absolute Gasteiger partial charge is 0.203 e. The van der Waals surface area contributed by atoms with Crippen LogP contribution in [0.3, 0.4) is 0 Å². The normalized spacial score (nSPS) is 12.1. The zero-order chi connectivity index (χ0) is 12.8. The molecule has 0 aliphatic heterocycles. The molecule has 1 aromatic carbocycles. The van der Waals surface area contributed by atoms with Crippen LogP contribution in [0.15, 0.2) is 12.1 Å². The van der Waals surface area contributed by atoms with Gasteiger partial charge in [0.05, 0.1) is 21.3 Å². The number of nitrogens with one attached hydrogen (secondary N) is 1. The fourth-order valence-corrected chi connectivity index (χ4v) is 1.71. The molecular weight excluding hydrogens is 218 g/mol. The lowest BCUT2D eigenvalue weighted by molar-refractivity contribution is 0.323. The summed E-state index contributed by atoms with van der Waals surface area (Å²) in [5, 5.41) is 3.20. The van der Waals surface area contributed by atoms with Gasteiger partial charge in [-0.2, -0.15) is 0 Å². The molecule has 0 spiro atoms. The molecule has 1 aromatic rings. The van der Waals surface area contributed by atoms with E-state index in [1.165, 1.54) is 0 Å². The van der Waals surface area contributed by atoms with E-state index in [1.54, 1.807) is 21.3 Å². The Bertz CT molecular complexity index is 341. The summed E-state index contributed by atoms with van der Waals surface area (Å²) in [6.45, 7) is 2.13. The Morgan fingerprint density at radius 1 is 1.06 bits per heavy atom. The minimum absolute atomic E-state index is 0.401. The summed E-state index contributed by atoms with van der Waals surface area (Å²) in [5.74, 6) is 2.03. The molecule has 0 heterocycles. The molecule has 4 heteroatoms. The Morgan fingerprint density at radius 3 is 1.94 bits per heavy atom. The summed E-state index contributed by atoms with van der Waals surface area (Å²) in [4.78, 5) is 0. The molecule has 1 unspecified atom stereocenters. The number of likely N-dealkylation sites (N-methyl/N-ethyl adjacent to an activating group) is 1. The zero-order valence-electron chi connectivity index (χ0n) is 11.2. The van der Waals surface area contributed by atoms with Gasteiger partial charge in [-0.1, -0.05) is 0 Å². The first kappa shape index (κ1) is 13.6. The average molecular weight is 239 g/mol. The van der Waals surface area contributed by atoms with Crippen molar-refractivity contribution < 1.29 is 14.2 Å². The van der Waals surface area contributed by atoms with Crippen molar-refractivity contribution in [2.24, 2.45) is 0 Å². The molecule has 0 amide bonds. The highest BCUT2D eigenvalue weighted by Gasteiger charge is 2.13. The lowest BCUT2D eigenvalue weighted by Gasteiger charge is -2.16. The number of hydrogen-bond acceptors (Lipinski definition) is 4. The van der Waals surface area contributed by atoms with E-state index in [0.717, 1.165) is 12.0 Å². The maximum absolute atomic E-state index is 5.31. The summed E-state index contributed by atoms with van der Waals surface area (Å²) in [7, 11) is 6.81. The van der Waals surface area contributed by atoms with E-state index >= 15 is 0 Å². The van der Waals surface area contributed by atoms with Crippen molar-refractivity contribution in [1.29, 1.82) is 0 Å². The molecule has 0 fully saturated rings. The van der Waals surface area contributed by atoms with E-state index in [0.29, 0.717) is 23.3 Å². The van der Waals surface area contributed by atoms with Crippen molar-refractivity contribution in [2.75, 3.05) is 28.4 Å². The van der Waals surface area contributed by atoms with Gasteiger partial charge in [-0.15, -0.1) is 0 Å². The van der Waals surface area contributed by atoms with Crippen LogP contribution in [-0.2, 0) is 6.42 Å². The standard InChI is InChI=1S/C13H21NO3/c1-9(14-2)6-10-7-11(15-3)13(17-5)12(8-10)16-4/h7-9,14H,6H2,1-5H3. The van der Waals surface area contributed by atoms with Gasteiger partial charge in [0.1, 0.15) is 0 Å². The third-order valence-electron chi connectivity index (χ3n) is 2.76. The molecule has 0 aliphatic rings. The van der Waals surface area contributed by atoms with E-state index in [1.807, 2.05) is 19.2 Å². The largest absolute Gasteiger partial charge is 0.493 e. The van der Waals surface area contributed by atoms with Gasteiger partial charge < -0.3 is 19.5 Å². The predicted molar refractivity (Wildman–Crippen MR) is 68.3 cm³/mol. The SMILES string of the molecule is CNC(C)Cc1cc(OC)c(OC)c(OC)c1. The monoisotopic (exact) mass is 239 g/mol. The summed E-state index contributed by atoms with van der Waals surface area (Å²) in [6.07, 6.45) is 0.910. The lowest BCUT2D eigenvalue weighted by atomic mass is 10.1. The maximum Gasteiger partial charge on any atom is 0.203 e. The highest BCUT2D eigenvalue weighted by atomic mass is 16.5. The van der Waals surface area contributed by atoms with Crippen LogP contribution in [0.1, 0.15) is 12.5 Å². The van der Waals surface area contributed by atoms with E-state index in [4.69, 9.17) is 14.2 Å². The first-order valence-electron chi connectivity index (χ1n) is 5.62. The predicted octanol–water partition coefficient (Wildman–Crippen LogP) is 1.86. The second-order valence-corrected chi connectivity index (χ2v) is 3.93. The number of benzene rings is 1. The molecule has 0 aromatic heterocycles. The van der Waals surface area contributed by atoms with Crippen LogP contribution < -0.4 is 19.5 Å². The lowest BCUT2D eigenvalue weighted by Crippen LogP contribution is -2.23. The molecule has 17 heavy (non-hydrogen) atoms. The van der Waals surface area contributed by atoms with Gasteiger partial charge in [0, 0.05) is 6.04 Å². The molecule has 1 N–H and O–H groups in total. The summed E-state index contributed by atoms with van der Waals surface area (Å²) in [5.41, 5.74) is 1.15. The maximum atomic E-state index is 5.31. The van der Waals surface area contributed by atoms with Gasteiger partial charge in [0.15, 0.2) is 11.5 Å². The number of ether oxygens (including phenoxy) is 3. The summed E-state index contributed by atoms with van der Waals surface area (Å²) >= 11 is 0.